The summed E-state index contributed by atoms with van der Waals surface area (Å²) in [5.41, 5.74) is 7.99. The third kappa shape index (κ3) is 4.07. The van der Waals surface area contributed by atoms with Crippen LogP contribution in [0.5, 0.6) is 0 Å². The summed E-state index contributed by atoms with van der Waals surface area (Å²) in [6.45, 7) is 1.49. The number of anilines is 1. The van der Waals surface area contributed by atoms with E-state index in [2.05, 4.69) is 17.0 Å². The van der Waals surface area contributed by atoms with Crippen LogP contribution in [0.15, 0.2) is 48.5 Å². The molecule has 0 saturated carbocycles. The summed E-state index contributed by atoms with van der Waals surface area (Å²) >= 11 is 0. The number of likely N-dealkylation sites (N-methyl/N-ethyl adjacent to an activating group) is 1. The molecule has 3 heteroatoms. The Balaban J connectivity index is 1.89. The minimum atomic E-state index is -0.230. The van der Waals surface area contributed by atoms with Gasteiger partial charge in [0.25, 0.3) is 0 Å². The van der Waals surface area contributed by atoms with Crippen LogP contribution in [0.4, 0.5) is 10.1 Å². The molecule has 2 aromatic carbocycles. The minimum Gasteiger partial charge on any atom is -0.399 e. The van der Waals surface area contributed by atoms with E-state index >= 15 is 0 Å². The molecule has 0 amide bonds. The Bertz CT molecular complexity index is 526. The summed E-state index contributed by atoms with van der Waals surface area (Å²) in [4.78, 5) is 2.11. The second-order valence-electron chi connectivity index (χ2n) is 4.82. The fourth-order valence-electron chi connectivity index (χ4n) is 2.03. The van der Waals surface area contributed by atoms with Gasteiger partial charge in [0.2, 0.25) is 0 Å². The molecule has 0 atom stereocenters. The first-order chi connectivity index (χ1) is 9.15. The van der Waals surface area contributed by atoms with Gasteiger partial charge in [0.1, 0.15) is 5.82 Å². The van der Waals surface area contributed by atoms with E-state index in [1.165, 1.54) is 11.6 Å². The largest absolute Gasteiger partial charge is 0.399 e. The lowest BCUT2D eigenvalue weighted by molar-refractivity contribution is 0.325. The van der Waals surface area contributed by atoms with Gasteiger partial charge in [-0.1, -0.05) is 36.4 Å². The van der Waals surface area contributed by atoms with Crippen molar-refractivity contribution >= 4 is 5.69 Å². The molecule has 0 aliphatic heterocycles. The summed E-state index contributed by atoms with van der Waals surface area (Å²) < 4.78 is 13.7. The van der Waals surface area contributed by atoms with Crippen molar-refractivity contribution < 1.29 is 4.39 Å². The standard InChI is InChI=1S/C16H19FN2/c1-19(10-9-13-5-3-2-4-6-13)12-14-7-8-15(18)11-16(14)17/h2-8,11H,9-10,12,18H2,1H3. The second-order valence-corrected chi connectivity index (χ2v) is 4.82. The van der Waals surface area contributed by atoms with Crippen LogP contribution in [0.3, 0.4) is 0 Å². The molecule has 2 N–H and O–H groups in total. The van der Waals surface area contributed by atoms with Crippen LogP contribution in [0.1, 0.15) is 11.1 Å². The molecular weight excluding hydrogens is 239 g/mol. The Hall–Kier alpha value is -1.87. The fourth-order valence-corrected chi connectivity index (χ4v) is 2.03. The zero-order valence-corrected chi connectivity index (χ0v) is 11.1. The molecule has 0 unspecified atom stereocenters. The Morgan fingerprint density at radius 2 is 1.84 bits per heavy atom. The van der Waals surface area contributed by atoms with E-state index in [1.807, 2.05) is 25.2 Å². The average Bonchev–Trinajstić information content (AvgIpc) is 2.41. The normalized spacial score (nSPS) is 10.9. The smallest absolute Gasteiger partial charge is 0.129 e. The van der Waals surface area contributed by atoms with Gasteiger partial charge in [-0.25, -0.2) is 4.39 Å². The molecule has 0 bridgehead atoms. The molecule has 0 aliphatic rings. The third-order valence-corrected chi connectivity index (χ3v) is 3.14. The highest BCUT2D eigenvalue weighted by molar-refractivity contribution is 5.40. The van der Waals surface area contributed by atoms with Crippen molar-refractivity contribution in [3.8, 4) is 0 Å². The number of hydrogen-bond donors (Lipinski definition) is 1. The molecular formula is C16H19FN2. The summed E-state index contributed by atoms with van der Waals surface area (Å²) in [5, 5.41) is 0. The van der Waals surface area contributed by atoms with Crippen molar-refractivity contribution in [1.82, 2.24) is 4.90 Å². The Morgan fingerprint density at radius 3 is 2.53 bits per heavy atom. The lowest BCUT2D eigenvalue weighted by atomic mass is 10.1. The van der Waals surface area contributed by atoms with E-state index in [0.717, 1.165) is 13.0 Å². The summed E-state index contributed by atoms with van der Waals surface area (Å²) in [6.07, 6.45) is 0.966. The summed E-state index contributed by atoms with van der Waals surface area (Å²) in [5.74, 6) is -0.230. The van der Waals surface area contributed by atoms with Crippen molar-refractivity contribution in [3.05, 3.63) is 65.5 Å². The molecule has 0 radical (unpaired) electrons. The monoisotopic (exact) mass is 258 g/mol. The fraction of sp³-hybridized carbons (Fsp3) is 0.250. The third-order valence-electron chi connectivity index (χ3n) is 3.14. The van der Waals surface area contributed by atoms with E-state index < -0.39 is 0 Å². The molecule has 0 spiro atoms. The van der Waals surface area contributed by atoms with E-state index in [9.17, 15) is 4.39 Å². The molecule has 2 aromatic rings. The lowest BCUT2D eigenvalue weighted by Crippen LogP contribution is -2.21. The van der Waals surface area contributed by atoms with Crippen molar-refractivity contribution in [3.63, 3.8) is 0 Å². The van der Waals surface area contributed by atoms with Gasteiger partial charge in [0, 0.05) is 24.3 Å². The maximum Gasteiger partial charge on any atom is 0.129 e. The highest BCUT2D eigenvalue weighted by Crippen LogP contribution is 2.13. The summed E-state index contributed by atoms with van der Waals surface area (Å²) in [7, 11) is 2.00. The van der Waals surface area contributed by atoms with Crippen LogP contribution >= 0.6 is 0 Å². The van der Waals surface area contributed by atoms with Gasteiger partial charge in [0.15, 0.2) is 0 Å². The zero-order valence-electron chi connectivity index (χ0n) is 11.1. The molecule has 0 aromatic heterocycles. The number of hydrogen-bond acceptors (Lipinski definition) is 2. The van der Waals surface area contributed by atoms with E-state index in [1.54, 1.807) is 12.1 Å². The Kier molecular flexibility index (Phi) is 4.53. The van der Waals surface area contributed by atoms with E-state index in [-0.39, 0.29) is 5.82 Å². The first-order valence-electron chi connectivity index (χ1n) is 6.41. The number of benzene rings is 2. The topological polar surface area (TPSA) is 29.3 Å². The van der Waals surface area contributed by atoms with Crippen LogP contribution in [0, 0.1) is 5.82 Å². The Labute approximate surface area is 113 Å². The van der Waals surface area contributed by atoms with Gasteiger partial charge in [-0.15, -0.1) is 0 Å². The van der Waals surface area contributed by atoms with Gasteiger partial charge in [-0.2, -0.15) is 0 Å². The van der Waals surface area contributed by atoms with E-state index in [0.29, 0.717) is 17.8 Å². The maximum atomic E-state index is 13.7. The second kappa shape index (κ2) is 6.34. The predicted molar refractivity (Wildman–Crippen MR) is 77.3 cm³/mol. The number of nitrogen functional groups attached to an aromatic ring is 1. The molecule has 0 saturated heterocycles. The molecule has 0 heterocycles. The SMILES string of the molecule is CN(CCc1ccccc1)Cc1ccc(N)cc1F. The van der Waals surface area contributed by atoms with Gasteiger partial charge in [-0.05, 0) is 31.2 Å². The number of nitrogens with two attached hydrogens (primary N) is 1. The predicted octanol–water partition coefficient (Wildman–Crippen LogP) is 3.08. The highest BCUT2D eigenvalue weighted by Gasteiger charge is 2.06. The van der Waals surface area contributed by atoms with Crippen LogP contribution in [0.25, 0.3) is 0 Å². The van der Waals surface area contributed by atoms with Crippen molar-refractivity contribution in [1.29, 1.82) is 0 Å². The van der Waals surface area contributed by atoms with Crippen LogP contribution in [-0.4, -0.2) is 18.5 Å². The average molecular weight is 258 g/mol. The van der Waals surface area contributed by atoms with Gasteiger partial charge in [0.05, 0.1) is 0 Å². The number of rotatable bonds is 5. The summed E-state index contributed by atoms with van der Waals surface area (Å²) in [6, 6.07) is 15.2. The maximum absolute atomic E-state index is 13.7. The van der Waals surface area contributed by atoms with Gasteiger partial charge >= 0.3 is 0 Å². The number of nitrogens with zero attached hydrogens (tertiary/aromatic N) is 1. The van der Waals surface area contributed by atoms with Crippen LogP contribution in [-0.2, 0) is 13.0 Å². The molecule has 2 rings (SSSR count). The van der Waals surface area contributed by atoms with Gasteiger partial charge in [-0.3, -0.25) is 0 Å². The van der Waals surface area contributed by atoms with Crippen molar-refractivity contribution in [2.75, 3.05) is 19.3 Å². The van der Waals surface area contributed by atoms with Crippen LogP contribution in [0.2, 0.25) is 0 Å². The molecule has 2 nitrogen and oxygen atoms in total. The molecule has 0 aliphatic carbocycles. The quantitative estimate of drug-likeness (QED) is 0.835. The molecule has 19 heavy (non-hydrogen) atoms. The van der Waals surface area contributed by atoms with E-state index in [4.69, 9.17) is 5.73 Å². The first-order valence-corrected chi connectivity index (χ1v) is 6.41. The zero-order chi connectivity index (χ0) is 13.7. The van der Waals surface area contributed by atoms with Gasteiger partial charge < -0.3 is 10.6 Å². The minimum absolute atomic E-state index is 0.230. The van der Waals surface area contributed by atoms with Crippen molar-refractivity contribution in [2.24, 2.45) is 0 Å². The first kappa shape index (κ1) is 13.6. The highest BCUT2D eigenvalue weighted by atomic mass is 19.1. The number of halogens is 1. The van der Waals surface area contributed by atoms with Crippen LogP contribution < -0.4 is 5.73 Å². The molecule has 100 valence electrons. The molecule has 0 fully saturated rings. The Morgan fingerprint density at radius 1 is 1.11 bits per heavy atom. The lowest BCUT2D eigenvalue weighted by Gasteiger charge is -2.17. The van der Waals surface area contributed by atoms with Crippen molar-refractivity contribution in [2.45, 2.75) is 13.0 Å².